The fraction of sp³-hybridized carbons (Fsp3) is 0.333. The van der Waals surface area contributed by atoms with Crippen molar-refractivity contribution in [3.8, 4) is 0 Å². The van der Waals surface area contributed by atoms with E-state index in [0.717, 1.165) is 24.2 Å². The van der Waals surface area contributed by atoms with Gasteiger partial charge in [-0.3, -0.25) is 9.97 Å². The van der Waals surface area contributed by atoms with E-state index in [4.69, 9.17) is 0 Å². The lowest BCUT2D eigenvalue weighted by molar-refractivity contribution is 0.868. The molecule has 1 aromatic heterocycles. The zero-order valence-electron chi connectivity index (χ0n) is 6.75. The minimum Gasteiger partial charge on any atom is -0.261 e. The number of aryl methyl sites for hydroxylation is 1. The summed E-state index contributed by atoms with van der Waals surface area (Å²) < 4.78 is 0. The topological polar surface area (TPSA) is 25.8 Å². The van der Waals surface area contributed by atoms with E-state index in [1.807, 2.05) is 0 Å². The summed E-state index contributed by atoms with van der Waals surface area (Å²) in [6.07, 6.45) is 7.33. The summed E-state index contributed by atoms with van der Waals surface area (Å²) in [5.41, 5.74) is 1.90. The molecular formula is C9H12N2. The molecule has 0 amide bonds. The molecule has 0 spiro atoms. The van der Waals surface area contributed by atoms with Gasteiger partial charge in [0.05, 0.1) is 17.6 Å². The first kappa shape index (κ1) is 7.92. The molecule has 0 bridgehead atoms. The van der Waals surface area contributed by atoms with E-state index in [1.165, 1.54) is 0 Å². The van der Waals surface area contributed by atoms with E-state index in [1.54, 1.807) is 18.5 Å². The maximum atomic E-state index is 4.30. The summed E-state index contributed by atoms with van der Waals surface area (Å²) in [6.45, 7) is 5.76. The smallest absolute Gasteiger partial charge is 0.0810 e. The van der Waals surface area contributed by atoms with Gasteiger partial charge in [-0.15, -0.1) is 0 Å². The number of rotatable bonds is 3. The molecule has 0 fully saturated rings. The maximum Gasteiger partial charge on any atom is 0.0810 e. The van der Waals surface area contributed by atoms with Crippen LogP contribution in [-0.2, 0) is 6.42 Å². The summed E-state index contributed by atoms with van der Waals surface area (Å²) in [7, 11) is 0. The highest BCUT2D eigenvalue weighted by atomic mass is 14.8. The average Bonchev–Trinajstić information content (AvgIpc) is 2.06. The van der Waals surface area contributed by atoms with Gasteiger partial charge < -0.3 is 0 Å². The molecule has 1 heterocycles. The average molecular weight is 148 g/mol. The van der Waals surface area contributed by atoms with Gasteiger partial charge in [0.25, 0.3) is 0 Å². The second-order valence-electron chi connectivity index (χ2n) is 2.39. The SMILES string of the molecule is C=Cc1cncc(CCC)n1. The van der Waals surface area contributed by atoms with Crippen molar-refractivity contribution in [2.24, 2.45) is 0 Å². The number of hydrogen-bond acceptors (Lipinski definition) is 2. The van der Waals surface area contributed by atoms with Crippen LogP contribution in [0.5, 0.6) is 0 Å². The third-order valence-corrected chi connectivity index (χ3v) is 1.42. The standard InChI is InChI=1S/C9H12N2/c1-3-5-9-7-10-6-8(4-2)11-9/h4,6-7H,2-3,5H2,1H3. The summed E-state index contributed by atoms with van der Waals surface area (Å²) in [5.74, 6) is 0. The zero-order chi connectivity index (χ0) is 8.10. The van der Waals surface area contributed by atoms with Crippen molar-refractivity contribution in [1.82, 2.24) is 9.97 Å². The largest absolute Gasteiger partial charge is 0.261 e. The van der Waals surface area contributed by atoms with Crippen molar-refractivity contribution in [2.75, 3.05) is 0 Å². The summed E-state index contributed by atoms with van der Waals surface area (Å²) in [5, 5.41) is 0. The van der Waals surface area contributed by atoms with Crippen LogP contribution in [0.3, 0.4) is 0 Å². The first-order chi connectivity index (χ1) is 5.36. The Morgan fingerprint density at radius 1 is 1.55 bits per heavy atom. The second-order valence-corrected chi connectivity index (χ2v) is 2.39. The third-order valence-electron chi connectivity index (χ3n) is 1.42. The van der Waals surface area contributed by atoms with Crippen molar-refractivity contribution < 1.29 is 0 Å². The highest BCUT2D eigenvalue weighted by molar-refractivity contribution is 5.39. The van der Waals surface area contributed by atoms with Crippen molar-refractivity contribution in [2.45, 2.75) is 19.8 Å². The summed E-state index contributed by atoms with van der Waals surface area (Å²) in [4.78, 5) is 8.34. The fourth-order valence-electron chi connectivity index (χ4n) is 0.898. The minimum atomic E-state index is 0.857. The molecule has 0 aromatic carbocycles. The van der Waals surface area contributed by atoms with E-state index in [2.05, 4.69) is 23.5 Å². The lowest BCUT2D eigenvalue weighted by Crippen LogP contribution is -1.92. The van der Waals surface area contributed by atoms with Gasteiger partial charge in [-0.05, 0) is 12.5 Å². The van der Waals surface area contributed by atoms with E-state index in [9.17, 15) is 0 Å². The van der Waals surface area contributed by atoms with E-state index in [0.29, 0.717) is 0 Å². The molecule has 58 valence electrons. The van der Waals surface area contributed by atoms with Gasteiger partial charge in [0.2, 0.25) is 0 Å². The molecule has 2 nitrogen and oxygen atoms in total. The lowest BCUT2D eigenvalue weighted by atomic mass is 10.2. The Morgan fingerprint density at radius 3 is 3.00 bits per heavy atom. The molecule has 0 N–H and O–H groups in total. The van der Waals surface area contributed by atoms with Crippen LogP contribution < -0.4 is 0 Å². The van der Waals surface area contributed by atoms with Crippen molar-refractivity contribution in [3.05, 3.63) is 30.4 Å². The third kappa shape index (κ3) is 2.15. The van der Waals surface area contributed by atoms with E-state index >= 15 is 0 Å². The van der Waals surface area contributed by atoms with Gasteiger partial charge in [0.15, 0.2) is 0 Å². The molecule has 1 aromatic rings. The Bertz CT molecular complexity index is 243. The van der Waals surface area contributed by atoms with Crippen LogP contribution in [-0.4, -0.2) is 9.97 Å². The fourth-order valence-corrected chi connectivity index (χ4v) is 0.898. The first-order valence-electron chi connectivity index (χ1n) is 3.80. The molecule has 0 aliphatic carbocycles. The molecule has 2 heteroatoms. The van der Waals surface area contributed by atoms with Crippen molar-refractivity contribution >= 4 is 6.08 Å². The van der Waals surface area contributed by atoms with E-state index in [-0.39, 0.29) is 0 Å². The summed E-state index contributed by atoms with van der Waals surface area (Å²) >= 11 is 0. The molecule has 0 aliphatic rings. The van der Waals surface area contributed by atoms with Crippen LogP contribution >= 0.6 is 0 Å². The Kier molecular flexibility index (Phi) is 2.78. The molecule has 1 rings (SSSR count). The van der Waals surface area contributed by atoms with Gasteiger partial charge >= 0.3 is 0 Å². The van der Waals surface area contributed by atoms with Crippen molar-refractivity contribution in [1.29, 1.82) is 0 Å². The normalized spacial score (nSPS) is 9.55. The molecule has 0 radical (unpaired) electrons. The highest BCUT2D eigenvalue weighted by Crippen LogP contribution is 1.99. The zero-order valence-corrected chi connectivity index (χ0v) is 6.75. The molecular weight excluding hydrogens is 136 g/mol. The van der Waals surface area contributed by atoms with Crippen molar-refractivity contribution in [3.63, 3.8) is 0 Å². The number of nitrogens with zero attached hydrogens (tertiary/aromatic N) is 2. The van der Waals surface area contributed by atoms with Crippen LogP contribution in [0.25, 0.3) is 6.08 Å². The second kappa shape index (κ2) is 3.86. The Balaban J connectivity index is 2.82. The highest BCUT2D eigenvalue weighted by Gasteiger charge is 1.93. The quantitative estimate of drug-likeness (QED) is 0.655. The number of aromatic nitrogens is 2. The monoisotopic (exact) mass is 148 g/mol. The number of hydrogen-bond donors (Lipinski definition) is 0. The minimum absolute atomic E-state index is 0.857. The summed E-state index contributed by atoms with van der Waals surface area (Å²) in [6, 6.07) is 0. The van der Waals surface area contributed by atoms with Gasteiger partial charge in [0, 0.05) is 6.20 Å². The van der Waals surface area contributed by atoms with Gasteiger partial charge in [-0.25, -0.2) is 0 Å². The first-order valence-corrected chi connectivity index (χ1v) is 3.80. The van der Waals surface area contributed by atoms with Gasteiger partial charge in [-0.2, -0.15) is 0 Å². The van der Waals surface area contributed by atoms with Crippen LogP contribution in [0.4, 0.5) is 0 Å². The molecule has 11 heavy (non-hydrogen) atoms. The van der Waals surface area contributed by atoms with Crippen LogP contribution in [0, 0.1) is 0 Å². The van der Waals surface area contributed by atoms with Gasteiger partial charge in [0.1, 0.15) is 0 Å². The van der Waals surface area contributed by atoms with Crippen LogP contribution in [0.15, 0.2) is 19.0 Å². The lowest BCUT2D eigenvalue weighted by Gasteiger charge is -1.96. The Morgan fingerprint density at radius 2 is 2.36 bits per heavy atom. The molecule has 0 unspecified atom stereocenters. The van der Waals surface area contributed by atoms with Crippen LogP contribution in [0.2, 0.25) is 0 Å². The van der Waals surface area contributed by atoms with Crippen LogP contribution in [0.1, 0.15) is 24.7 Å². The Hall–Kier alpha value is -1.18. The molecule has 0 atom stereocenters. The molecule has 0 saturated carbocycles. The van der Waals surface area contributed by atoms with E-state index < -0.39 is 0 Å². The predicted molar refractivity (Wildman–Crippen MR) is 46.1 cm³/mol. The predicted octanol–water partition coefficient (Wildman–Crippen LogP) is 2.07. The molecule has 0 aliphatic heterocycles. The Labute approximate surface area is 67.0 Å². The maximum absolute atomic E-state index is 4.30. The molecule has 0 saturated heterocycles. The van der Waals surface area contributed by atoms with Gasteiger partial charge in [-0.1, -0.05) is 19.9 Å².